The van der Waals surface area contributed by atoms with Gasteiger partial charge in [0, 0.05) is 23.0 Å². The zero-order valence-electron chi connectivity index (χ0n) is 13.8. The van der Waals surface area contributed by atoms with E-state index in [1.54, 1.807) is 30.3 Å². The minimum absolute atomic E-state index is 0.0451. The van der Waals surface area contributed by atoms with E-state index >= 15 is 0 Å². The van der Waals surface area contributed by atoms with Crippen LogP contribution >= 0.6 is 58.1 Å². The van der Waals surface area contributed by atoms with E-state index in [-0.39, 0.29) is 15.8 Å². The zero-order valence-corrected chi connectivity index (χ0v) is 17.7. The molecule has 0 aliphatic rings. The third-order valence-electron chi connectivity index (χ3n) is 3.06. The highest BCUT2D eigenvalue weighted by atomic mass is 35.5. The van der Waals surface area contributed by atoms with Crippen molar-refractivity contribution in [2.24, 2.45) is 0 Å². The van der Waals surface area contributed by atoms with Gasteiger partial charge in [0.15, 0.2) is 0 Å². The van der Waals surface area contributed by atoms with Crippen molar-refractivity contribution in [1.82, 2.24) is 14.8 Å². The Labute approximate surface area is 183 Å². The summed E-state index contributed by atoms with van der Waals surface area (Å²) in [5, 5.41) is 2.66. The highest BCUT2D eigenvalue weighted by molar-refractivity contribution is 7.97. The fourth-order valence-electron chi connectivity index (χ4n) is 1.87. The quantitative estimate of drug-likeness (QED) is 0.365. The lowest BCUT2D eigenvalue weighted by atomic mass is 10.4. The van der Waals surface area contributed by atoms with Gasteiger partial charge in [0.25, 0.3) is 11.8 Å². The SMILES string of the molecule is O=C(NC(=O)N(Oc1ncc(Cl)cc1Cl)Sc1ccccc1)c1ccc(Cl)s1. The van der Waals surface area contributed by atoms with Crippen LogP contribution in [0.5, 0.6) is 5.88 Å². The van der Waals surface area contributed by atoms with Crippen LogP contribution in [0, 0.1) is 0 Å². The average Bonchev–Trinajstić information content (AvgIpc) is 3.10. The third-order valence-corrected chi connectivity index (χ3v) is 5.65. The van der Waals surface area contributed by atoms with Crippen LogP contribution in [-0.2, 0) is 0 Å². The fraction of sp³-hybridized carbons (Fsp3) is 0. The van der Waals surface area contributed by atoms with Crippen LogP contribution in [0.3, 0.4) is 0 Å². The number of hydrogen-bond acceptors (Lipinski definition) is 6. The molecular formula is C17H10Cl3N3O3S2. The van der Waals surface area contributed by atoms with Gasteiger partial charge in [0.1, 0.15) is 5.02 Å². The molecule has 0 bridgehead atoms. The Morgan fingerprint density at radius 1 is 1.11 bits per heavy atom. The molecule has 11 heteroatoms. The largest absolute Gasteiger partial charge is 0.368 e. The number of nitrogens with zero attached hydrogens (tertiary/aromatic N) is 2. The van der Waals surface area contributed by atoms with Crippen molar-refractivity contribution in [3.05, 3.63) is 74.0 Å². The van der Waals surface area contributed by atoms with Gasteiger partial charge in [0.2, 0.25) is 0 Å². The Hall–Kier alpha value is -1.97. The van der Waals surface area contributed by atoms with E-state index in [1.165, 1.54) is 18.3 Å². The van der Waals surface area contributed by atoms with Crippen LogP contribution < -0.4 is 10.2 Å². The summed E-state index contributed by atoms with van der Waals surface area (Å²) in [5.41, 5.74) is 0. The molecule has 3 rings (SSSR count). The molecule has 1 aromatic carbocycles. The number of hydrogen-bond donors (Lipinski definition) is 1. The number of rotatable bonds is 5. The second-order valence-electron chi connectivity index (χ2n) is 5.06. The van der Waals surface area contributed by atoms with Crippen molar-refractivity contribution in [2.75, 3.05) is 0 Å². The first-order valence-corrected chi connectivity index (χ1v) is 10.3. The van der Waals surface area contributed by atoms with Gasteiger partial charge < -0.3 is 4.84 Å². The summed E-state index contributed by atoms with van der Waals surface area (Å²) in [6.07, 6.45) is 1.32. The zero-order chi connectivity index (χ0) is 20.1. The minimum Gasteiger partial charge on any atom is -0.342 e. The number of amides is 3. The summed E-state index contributed by atoms with van der Waals surface area (Å²) in [6.45, 7) is 0. The van der Waals surface area contributed by atoms with Crippen molar-refractivity contribution in [1.29, 1.82) is 0 Å². The number of benzene rings is 1. The lowest BCUT2D eigenvalue weighted by Gasteiger charge is -2.20. The van der Waals surface area contributed by atoms with Crippen LogP contribution in [0.15, 0.2) is 59.6 Å². The molecule has 0 atom stereocenters. The highest BCUT2D eigenvalue weighted by Crippen LogP contribution is 2.29. The Bertz CT molecular complexity index is 1000. The maximum Gasteiger partial charge on any atom is 0.368 e. The minimum atomic E-state index is -0.823. The van der Waals surface area contributed by atoms with Crippen molar-refractivity contribution < 1.29 is 14.4 Å². The van der Waals surface area contributed by atoms with Crippen LogP contribution in [0.2, 0.25) is 14.4 Å². The van der Waals surface area contributed by atoms with Crippen molar-refractivity contribution >= 4 is 70.0 Å². The first-order valence-electron chi connectivity index (χ1n) is 7.55. The summed E-state index contributed by atoms with van der Waals surface area (Å²) in [6, 6.07) is 12.6. The summed E-state index contributed by atoms with van der Waals surface area (Å²) < 4.78 is 1.30. The Kier molecular flexibility index (Phi) is 7.03. The number of pyridine rings is 1. The van der Waals surface area contributed by atoms with Crippen molar-refractivity contribution in [2.45, 2.75) is 4.90 Å². The molecule has 0 aliphatic carbocycles. The number of halogens is 3. The standard InChI is InChI=1S/C17H10Cl3N3O3S2/c18-10-8-12(19)16(21-9-10)26-23(28-11-4-2-1-3-5-11)17(25)22-15(24)13-6-7-14(20)27-13/h1-9H,(H,22,24,25). The number of nitrogens with one attached hydrogen (secondary N) is 1. The van der Waals surface area contributed by atoms with E-state index in [9.17, 15) is 9.59 Å². The molecule has 6 nitrogen and oxygen atoms in total. The number of aromatic nitrogens is 1. The molecule has 3 aromatic rings. The van der Waals surface area contributed by atoms with Crippen LogP contribution in [0.25, 0.3) is 0 Å². The molecule has 0 fully saturated rings. The molecular weight excluding hydrogens is 465 g/mol. The van der Waals surface area contributed by atoms with Gasteiger partial charge in [-0.3, -0.25) is 10.1 Å². The van der Waals surface area contributed by atoms with Gasteiger partial charge in [-0.15, -0.1) is 11.3 Å². The van der Waals surface area contributed by atoms with Gasteiger partial charge in [0.05, 0.1) is 14.2 Å². The second-order valence-corrected chi connectivity index (χ2v) is 8.60. The summed E-state index contributed by atoms with van der Waals surface area (Å²) in [7, 11) is 0. The molecule has 0 unspecified atom stereocenters. The van der Waals surface area contributed by atoms with Gasteiger partial charge in [-0.05, 0) is 30.3 Å². The van der Waals surface area contributed by atoms with E-state index in [1.807, 2.05) is 6.07 Å². The second kappa shape index (κ2) is 9.49. The van der Waals surface area contributed by atoms with Gasteiger partial charge in [-0.25, -0.2) is 9.78 Å². The van der Waals surface area contributed by atoms with E-state index in [4.69, 9.17) is 39.6 Å². The normalized spacial score (nSPS) is 10.4. The Morgan fingerprint density at radius 3 is 2.50 bits per heavy atom. The molecule has 0 aliphatic heterocycles. The van der Waals surface area contributed by atoms with E-state index in [2.05, 4.69) is 10.3 Å². The number of hydroxylamine groups is 1. The number of imide groups is 1. The highest BCUT2D eigenvalue weighted by Gasteiger charge is 2.23. The fourth-order valence-corrected chi connectivity index (χ4v) is 3.93. The summed E-state index contributed by atoms with van der Waals surface area (Å²) in [5.74, 6) is -0.657. The number of carbonyl (C=O) groups excluding carboxylic acids is 2. The Balaban J connectivity index is 1.80. The molecule has 0 radical (unpaired) electrons. The van der Waals surface area contributed by atoms with Crippen LogP contribution in [0.4, 0.5) is 4.79 Å². The van der Waals surface area contributed by atoms with Crippen LogP contribution in [0.1, 0.15) is 9.67 Å². The maximum atomic E-state index is 12.6. The maximum absolute atomic E-state index is 12.6. The molecule has 2 heterocycles. The smallest absolute Gasteiger partial charge is 0.342 e. The van der Waals surface area contributed by atoms with Gasteiger partial charge in [-0.2, -0.15) is 0 Å². The van der Waals surface area contributed by atoms with E-state index in [0.29, 0.717) is 14.3 Å². The lowest BCUT2D eigenvalue weighted by molar-refractivity contribution is 0.0703. The van der Waals surface area contributed by atoms with Gasteiger partial charge >= 0.3 is 6.03 Å². The van der Waals surface area contributed by atoms with Gasteiger partial charge in [-0.1, -0.05) is 57.5 Å². The molecule has 144 valence electrons. The lowest BCUT2D eigenvalue weighted by Crippen LogP contribution is -2.41. The average molecular weight is 475 g/mol. The topological polar surface area (TPSA) is 71.5 Å². The van der Waals surface area contributed by atoms with E-state index in [0.717, 1.165) is 27.8 Å². The molecule has 3 amide bonds. The molecule has 0 saturated heterocycles. The third kappa shape index (κ3) is 5.52. The number of urea groups is 1. The first-order chi connectivity index (χ1) is 13.4. The predicted octanol–water partition coefficient (Wildman–Crippen LogP) is 5.96. The predicted molar refractivity (Wildman–Crippen MR) is 111 cm³/mol. The molecule has 1 N–H and O–H groups in total. The number of thiophene rings is 1. The molecule has 0 spiro atoms. The van der Waals surface area contributed by atoms with Crippen LogP contribution in [-0.4, -0.2) is 21.4 Å². The first kappa shape index (κ1) is 20.8. The summed E-state index contributed by atoms with van der Waals surface area (Å²) in [4.78, 5) is 35.4. The molecule has 28 heavy (non-hydrogen) atoms. The molecule has 2 aromatic heterocycles. The monoisotopic (exact) mass is 473 g/mol. The van der Waals surface area contributed by atoms with Crippen molar-refractivity contribution in [3.63, 3.8) is 0 Å². The number of carbonyl (C=O) groups is 2. The Morgan fingerprint density at radius 2 is 1.86 bits per heavy atom. The van der Waals surface area contributed by atoms with Crippen molar-refractivity contribution in [3.8, 4) is 5.88 Å². The summed E-state index contributed by atoms with van der Waals surface area (Å²) >= 11 is 19.7. The molecule has 0 saturated carbocycles. The van der Waals surface area contributed by atoms with E-state index < -0.39 is 11.9 Å².